The number of hydrogen-bond donors (Lipinski definition) is 0. The molecular weight excluding hydrogens is 389 g/mol. The fraction of sp³-hybridized carbons (Fsp3) is 0.238. The van der Waals surface area contributed by atoms with Crippen LogP contribution in [0.3, 0.4) is 0 Å². The van der Waals surface area contributed by atoms with Gasteiger partial charge in [0.2, 0.25) is 0 Å². The lowest BCUT2D eigenvalue weighted by Crippen LogP contribution is -2.28. The van der Waals surface area contributed by atoms with Crippen LogP contribution in [0, 0.1) is 6.92 Å². The van der Waals surface area contributed by atoms with Gasteiger partial charge in [0.25, 0.3) is 0 Å². The maximum atomic E-state index is 12.7. The summed E-state index contributed by atoms with van der Waals surface area (Å²) in [6, 6.07) is 10.3. The molecule has 2 aromatic rings. The monoisotopic (exact) mass is 406 g/mol. The first-order valence-electron chi connectivity index (χ1n) is 8.61. The number of rotatable bonds is 2. The van der Waals surface area contributed by atoms with Gasteiger partial charge >= 0.3 is 15.6 Å². The van der Waals surface area contributed by atoms with Gasteiger partial charge in [0.05, 0.1) is 5.41 Å². The smallest absolute Gasteiger partial charge is 0.376 e. The number of aryl methyl sites for hydroxylation is 1. The highest BCUT2D eigenvalue weighted by Gasteiger charge is 2.49. The van der Waals surface area contributed by atoms with Gasteiger partial charge in [0, 0.05) is 0 Å². The minimum atomic E-state index is -5.73. The Hall–Kier alpha value is -2.54. The molecule has 2 aliphatic carbocycles. The van der Waals surface area contributed by atoms with Crippen LogP contribution < -0.4 is 4.18 Å². The molecule has 0 bridgehead atoms. The van der Waals surface area contributed by atoms with Gasteiger partial charge in [0.15, 0.2) is 0 Å². The molecule has 0 saturated carbocycles. The van der Waals surface area contributed by atoms with Crippen molar-refractivity contribution in [1.82, 2.24) is 0 Å². The number of halogens is 3. The molecule has 0 saturated heterocycles. The zero-order chi connectivity index (χ0) is 20.5. The highest BCUT2D eigenvalue weighted by molar-refractivity contribution is 7.88. The normalized spacial score (nSPS) is 20.6. The van der Waals surface area contributed by atoms with Gasteiger partial charge in [-0.2, -0.15) is 21.6 Å². The van der Waals surface area contributed by atoms with Crippen molar-refractivity contribution in [3.63, 3.8) is 0 Å². The molecule has 2 aromatic carbocycles. The zero-order valence-electron chi connectivity index (χ0n) is 15.4. The second kappa shape index (κ2) is 5.73. The summed E-state index contributed by atoms with van der Waals surface area (Å²) in [5, 5.41) is 0. The van der Waals surface area contributed by atoms with Crippen LogP contribution in [0.2, 0.25) is 0 Å². The van der Waals surface area contributed by atoms with Crippen LogP contribution in [-0.4, -0.2) is 13.9 Å². The van der Waals surface area contributed by atoms with Crippen LogP contribution >= 0.6 is 0 Å². The van der Waals surface area contributed by atoms with Crippen LogP contribution in [-0.2, 0) is 15.5 Å². The number of hydrogen-bond acceptors (Lipinski definition) is 3. The third-order valence-corrected chi connectivity index (χ3v) is 6.26. The molecule has 0 amide bonds. The van der Waals surface area contributed by atoms with E-state index in [0.29, 0.717) is 5.56 Å². The number of alkyl halides is 3. The quantitative estimate of drug-likeness (QED) is 0.499. The molecule has 0 heterocycles. The Morgan fingerprint density at radius 2 is 1.39 bits per heavy atom. The van der Waals surface area contributed by atoms with Crippen LogP contribution in [0.1, 0.15) is 41.7 Å². The van der Waals surface area contributed by atoms with E-state index in [-0.39, 0.29) is 5.75 Å². The molecule has 1 spiro atoms. The molecule has 0 radical (unpaired) electrons. The number of benzene rings is 2. The SMILES string of the molecule is CC1=CC2(C=C(C)c3ccc(OS(=O)(=O)C(F)(F)F)cc32)c2cc(C)ccc21. The first-order valence-corrected chi connectivity index (χ1v) is 10.0. The lowest BCUT2D eigenvalue weighted by atomic mass is 9.78. The van der Waals surface area contributed by atoms with Gasteiger partial charge in [-0.25, -0.2) is 0 Å². The maximum absolute atomic E-state index is 12.7. The van der Waals surface area contributed by atoms with E-state index in [0.717, 1.165) is 33.4 Å². The van der Waals surface area contributed by atoms with E-state index in [1.54, 1.807) is 6.07 Å². The summed E-state index contributed by atoms with van der Waals surface area (Å²) in [7, 11) is -5.73. The third-order valence-electron chi connectivity index (χ3n) is 5.28. The van der Waals surface area contributed by atoms with Gasteiger partial charge in [-0.1, -0.05) is 42.0 Å². The summed E-state index contributed by atoms with van der Waals surface area (Å²) >= 11 is 0. The highest BCUT2D eigenvalue weighted by atomic mass is 32.2. The third kappa shape index (κ3) is 2.60. The Balaban J connectivity index is 1.89. The molecule has 1 atom stereocenters. The molecule has 0 fully saturated rings. The second-order valence-corrected chi connectivity index (χ2v) is 8.80. The van der Waals surface area contributed by atoms with E-state index < -0.39 is 21.0 Å². The van der Waals surface area contributed by atoms with E-state index in [1.807, 2.05) is 32.9 Å². The predicted molar refractivity (Wildman–Crippen MR) is 101 cm³/mol. The van der Waals surface area contributed by atoms with Crippen LogP contribution in [0.15, 0.2) is 48.6 Å². The van der Waals surface area contributed by atoms with E-state index in [4.69, 9.17) is 0 Å². The second-order valence-electron chi connectivity index (χ2n) is 7.26. The molecule has 146 valence electrons. The van der Waals surface area contributed by atoms with E-state index in [9.17, 15) is 21.6 Å². The van der Waals surface area contributed by atoms with Gasteiger partial charge in [-0.05, 0) is 66.3 Å². The van der Waals surface area contributed by atoms with Crippen molar-refractivity contribution in [3.8, 4) is 5.75 Å². The van der Waals surface area contributed by atoms with Crippen LogP contribution in [0.4, 0.5) is 13.2 Å². The lowest BCUT2D eigenvalue weighted by Gasteiger charge is -2.25. The molecule has 28 heavy (non-hydrogen) atoms. The highest BCUT2D eigenvalue weighted by Crippen LogP contribution is 2.53. The summed E-state index contributed by atoms with van der Waals surface area (Å²) < 4.78 is 65.3. The van der Waals surface area contributed by atoms with Crippen molar-refractivity contribution in [2.45, 2.75) is 31.7 Å². The minimum absolute atomic E-state index is 0.356. The molecular formula is C21H17F3O3S. The molecule has 1 unspecified atom stereocenters. The molecule has 3 nitrogen and oxygen atoms in total. The topological polar surface area (TPSA) is 43.4 Å². The van der Waals surface area contributed by atoms with E-state index in [2.05, 4.69) is 22.4 Å². The fourth-order valence-electron chi connectivity index (χ4n) is 4.12. The molecule has 7 heteroatoms. The zero-order valence-corrected chi connectivity index (χ0v) is 16.2. The Morgan fingerprint density at radius 3 is 1.96 bits per heavy atom. The van der Waals surface area contributed by atoms with Crippen molar-refractivity contribution in [2.24, 2.45) is 0 Å². The number of allylic oxidation sites excluding steroid dienone is 4. The Bertz CT molecular complexity index is 1170. The van der Waals surface area contributed by atoms with Gasteiger partial charge in [-0.3, -0.25) is 0 Å². The van der Waals surface area contributed by atoms with Gasteiger partial charge < -0.3 is 4.18 Å². The fourth-order valence-corrected chi connectivity index (χ4v) is 4.57. The summed E-state index contributed by atoms with van der Waals surface area (Å²) in [6.07, 6.45) is 4.13. The lowest BCUT2D eigenvalue weighted by molar-refractivity contribution is -0.0500. The van der Waals surface area contributed by atoms with Crippen molar-refractivity contribution in [3.05, 3.63) is 76.4 Å². The van der Waals surface area contributed by atoms with Crippen LogP contribution in [0.5, 0.6) is 5.75 Å². The summed E-state index contributed by atoms with van der Waals surface area (Å²) in [5.74, 6) is -0.356. The van der Waals surface area contributed by atoms with Gasteiger partial charge in [-0.15, -0.1) is 0 Å². The summed E-state index contributed by atoms with van der Waals surface area (Å²) in [4.78, 5) is 0. The van der Waals surface area contributed by atoms with Crippen LogP contribution in [0.25, 0.3) is 11.1 Å². The molecule has 0 aliphatic heterocycles. The van der Waals surface area contributed by atoms with Crippen molar-refractivity contribution in [2.75, 3.05) is 0 Å². The minimum Gasteiger partial charge on any atom is -0.376 e. The largest absolute Gasteiger partial charge is 0.534 e. The average molecular weight is 406 g/mol. The van der Waals surface area contributed by atoms with Crippen molar-refractivity contribution >= 4 is 21.3 Å². The number of fused-ring (bicyclic) bond motifs is 4. The standard InChI is InChI=1S/C21H17F3O3S/c1-12-4-6-16-13(2)10-20(18(16)8-12)11-14(3)17-7-5-15(9-19(17)20)27-28(25,26)21(22,23)24/h4-11H,1-3H3. The predicted octanol–water partition coefficient (Wildman–Crippen LogP) is 5.34. The van der Waals surface area contributed by atoms with E-state index in [1.165, 1.54) is 12.1 Å². The Kier molecular flexibility index (Phi) is 3.85. The van der Waals surface area contributed by atoms with E-state index >= 15 is 0 Å². The average Bonchev–Trinajstić information content (AvgIpc) is 3.01. The first kappa shape index (κ1) is 18.8. The Morgan fingerprint density at radius 1 is 0.857 bits per heavy atom. The van der Waals surface area contributed by atoms with Crippen molar-refractivity contribution < 1.29 is 25.8 Å². The molecule has 4 rings (SSSR count). The first-order chi connectivity index (χ1) is 12.9. The molecule has 0 aromatic heterocycles. The maximum Gasteiger partial charge on any atom is 0.534 e. The Labute approximate surface area is 161 Å². The summed E-state index contributed by atoms with van der Waals surface area (Å²) in [5.41, 5.74) is 0.624. The summed E-state index contributed by atoms with van der Waals surface area (Å²) in [6.45, 7) is 5.89. The van der Waals surface area contributed by atoms with Crippen molar-refractivity contribution in [1.29, 1.82) is 0 Å². The molecule has 0 N–H and O–H groups in total. The molecule has 2 aliphatic rings. The van der Waals surface area contributed by atoms with Gasteiger partial charge in [0.1, 0.15) is 5.75 Å².